The number of piperazine rings is 1. The lowest BCUT2D eigenvalue weighted by atomic mass is 10.2. The summed E-state index contributed by atoms with van der Waals surface area (Å²) >= 11 is 0. The van der Waals surface area contributed by atoms with Crippen molar-refractivity contribution in [1.82, 2.24) is 34.7 Å². The summed E-state index contributed by atoms with van der Waals surface area (Å²) in [5, 5.41) is 15.1. The highest BCUT2D eigenvalue weighted by molar-refractivity contribution is 5.92. The Morgan fingerprint density at radius 2 is 2.00 bits per heavy atom. The Balaban J connectivity index is 1.35. The van der Waals surface area contributed by atoms with Gasteiger partial charge in [0.15, 0.2) is 11.6 Å². The maximum absolute atomic E-state index is 12.6. The van der Waals surface area contributed by atoms with Crippen LogP contribution in [0.1, 0.15) is 16.2 Å². The fourth-order valence-corrected chi connectivity index (χ4v) is 3.51. The Morgan fingerprint density at radius 1 is 1.13 bits per heavy atom. The van der Waals surface area contributed by atoms with Crippen LogP contribution in [0.15, 0.2) is 48.8 Å². The number of amides is 1. The number of aryl methyl sites for hydroxylation is 1. The normalized spacial score (nSPS) is 14.3. The van der Waals surface area contributed by atoms with Crippen molar-refractivity contribution in [2.24, 2.45) is 0 Å². The summed E-state index contributed by atoms with van der Waals surface area (Å²) in [5.74, 6) is 1.95. The van der Waals surface area contributed by atoms with Gasteiger partial charge >= 0.3 is 0 Å². The first-order valence-electron chi connectivity index (χ1n) is 9.77. The second-order valence-electron chi connectivity index (χ2n) is 7.15. The topological polar surface area (TPSA) is 107 Å². The smallest absolute Gasteiger partial charge is 0.272 e. The van der Waals surface area contributed by atoms with Crippen LogP contribution in [-0.2, 0) is 0 Å². The van der Waals surface area contributed by atoms with Gasteiger partial charge in [0, 0.05) is 50.3 Å². The Kier molecular flexibility index (Phi) is 4.51. The lowest BCUT2D eigenvalue weighted by molar-refractivity contribution is 0.0740. The molecule has 0 atom stereocenters. The van der Waals surface area contributed by atoms with E-state index >= 15 is 0 Å². The SMILES string of the molecule is Cc1cc(Nc2nc(N3CCN(C(=O)c4ccccn4)CC3)nn3cccc23)n[nH]1. The summed E-state index contributed by atoms with van der Waals surface area (Å²) in [5.41, 5.74) is 2.30. The molecule has 5 heterocycles. The van der Waals surface area contributed by atoms with Gasteiger partial charge in [0.1, 0.15) is 11.2 Å². The average molecular weight is 403 g/mol. The molecule has 4 aromatic rings. The second-order valence-corrected chi connectivity index (χ2v) is 7.15. The van der Waals surface area contributed by atoms with E-state index in [-0.39, 0.29) is 5.91 Å². The summed E-state index contributed by atoms with van der Waals surface area (Å²) in [6.45, 7) is 4.41. The van der Waals surface area contributed by atoms with E-state index in [0.29, 0.717) is 49.5 Å². The zero-order valence-electron chi connectivity index (χ0n) is 16.5. The Labute approximate surface area is 172 Å². The number of rotatable bonds is 4. The van der Waals surface area contributed by atoms with Gasteiger partial charge in [-0.3, -0.25) is 14.9 Å². The maximum Gasteiger partial charge on any atom is 0.272 e. The van der Waals surface area contributed by atoms with Crippen molar-refractivity contribution in [2.75, 3.05) is 36.4 Å². The van der Waals surface area contributed by atoms with Crippen LogP contribution < -0.4 is 10.2 Å². The van der Waals surface area contributed by atoms with Crippen LogP contribution in [0.4, 0.5) is 17.6 Å². The van der Waals surface area contributed by atoms with Crippen molar-refractivity contribution in [1.29, 1.82) is 0 Å². The number of aromatic nitrogens is 6. The number of pyridine rings is 1. The molecule has 5 rings (SSSR count). The number of H-pyrrole nitrogens is 1. The van der Waals surface area contributed by atoms with Gasteiger partial charge in [-0.25, -0.2) is 4.52 Å². The molecule has 1 aliphatic heterocycles. The predicted octanol–water partition coefficient (Wildman–Crippen LogP) is 1.86. The first-order valence-corrected chi connectivity index (χ1v) is 9.77. The third kappa shape index (κ3) is 3.43. The summed E-state index contributed by atoms with van der Waals surface area (Å²) in [4.78, 5) is 25.4. The van der Waals surface area contributed by atoms with Crippen molar-refractivity contribution < 1.29 is 4.79 Å². The number of nitrogens with one attached hydrogen (secondary N) is 2. The van der Waals surface area contributed by atoms with E-state index < -0.39 is 0 Å². The second kappa shape index (κ2) is 7.47. The minimum Gasteiger partial charge on any atom is -0.336 e. The van der Waals surface area contributed by atoms with Crippen molar-refractivity contribution in [2.45, 2.75) is 6.92 Å². The van der Waals surface area contributed by atoms with Gasteiger partial charge in [0.2, 0.25) is 5.95 Å². The lowest BCUT2D eigenvalue weighted by Gasteiger charge is -2.34. The Hall–Kier alpha value is -3.95. The minimum atomic E-state index is -0.0479. The van der Waals surface area contributed by atoms with E-state index in [1.807, 2.05) is 42.3 Å². The molecule has 4 aromatic heterocycles. The number of hydrogen-bond donors (Lipinski definition) is 2. The maximum atomic E-state index is 12.6. The molecule has 0 spiro atoms. The van der Waals surface area contributed by atoms with E-state index in [1.165, 1.54) is 0 Å². The predicted molar refractivity (Wildman–Crippen MR) is 112 cm³/mol. The van der Waals surface area contributed by atoms with Crippen molar-refractivity contribution in [3.8, 4) is 0 Å². The molecule has 30 heavy (non-hydrogen) atoms. The van der Waals surface area contributed by atoms with Crippen LogP contribution in [0.3, 0.4) is 0 Å². The van der Waals surface area contributed by atoms with Gasteiger partial charge in [-0.2, -0.15) is 10.1 Å². The van der Waals surface area contributed by atoms with Gasteiger partial charge in [-0.1, -0.05) is 6.07 Å². The standard InChI is InChI=1S/C20H21N9O/c1-14-13-17(25-24-14)22-18-16-6-4-8-29(16)26-20(23-18)28-11-9-27(10-12-28)19(30)15-5-2-3-7-21-15/h2-8,13H,9-12H2,1H3,(H2,22,23,24,25,26). The number of fused-ring (bicyclic) bond motifs is 1. The molecule has 0 aromatic carbocycles. The molecule has 10 heteroatoms. The molecule has 1 fully saturated rings. The Morgan fingerprint density at radius 3 is 2.73 bits per heavy atom. The van der Waals surface area contributed by atoms with Crippen LogP contribution in [0, 0.1) is 6.92 Å². The molecule has 10 nitrogen and oxygen atoms in total. The molecule has 0 radical (unpaired) electrons. The number of carbonyl (C=O) groups is 1. The van der Waals surface area contributed by atoms with Crippen molar-refractivity contribution in [3.05, 3.63) is 60.2 Å². The number of nitrogens with zero attached hydrogens (tertiary/aromatic N) is 7. The van der Waals surface area contributed by atoms with Crippen LogP contribution in [0.5, 0.6) is 0 Å². The van der Waals surface area contributed by atoms with Gasteiger partial charge < -0.3 is 15.1 Å². The molecule has 1 saturated heterocycles. The van der Waals surface area contributed by atoms with E-state index in [1.54, 1.807) is 22.8 Å². The Bertz CT molecular complexity index is 1180. The first-order chi connectivity index (χ1) is 14.7. The molecular formula is C20H21N9O. The van der Waals surface area contributed by atoms with Crippen LogP contribution in [-0.4, -0.2) is 66.8 Å². The third-order valence-corrected chi connectivity index (χ3v) is 5.07. The highest BCUT2D eigenvalue weighted by Crippen LogP contribution is 2.22. The van der Waals surface area contributed by atoms with E-state index in [4.69, 9.17) is 4.98 Å². The number of hydrogen-bond acceptors (Lipinski definition) is 7. The largest absolute Gasteiger partial charge is 0.336 e. The van der Waals surface area contributed by atoms with Gasteiger partial charge in [-0.15, -0.1) is 5.10 Å². The first kappa shape index (κ1) is 18.1. The number of aromatic amines is 1. The lowest BCUT2D eigenvalue weighted by Crippen LogP contribution is -2.49. The van der Waals surface area contributed by atoms with E-state index in [0.717, 1.165) is 11.2 Å². The van der Waals surface area contributed by atoms with Crippen LogP contribution >= 0.6 is 0 Å². The van der Waals surface area contributed by atoms with Gasteiger partial charge in [-0.05, 0) is 31.2 Å². The molecule has 1 aliphatic rings. The summed E-state index contributed by atoms with van der Waals surface area (Å²) < 4.78 is 1.80. The molecule has 2 N–H and O–H groups in total. The summed E-state index contributed by atoms with van der Waals surface area (Å²) in [6, 6.07) is 11.2. The molecule has 0 unspecified atom stereocenters. The quantitative estimate of drug-likeness (QED) is 0.535. The number of anilines is 3. The highest BCUT2D eigenvalue weighted by atomic mass is 16.2. The highest BCUT2D eigenvalue weighted by Gasteiger charge is 2.25. The zero-order chi connectivity index (χ0) is 20.5. The van der Waals surface area contributed by atoms with Crippen LogP contribution in [0.25, 0.3) is 5.52 Å². The van der Waals surface area contributed by atoms with E-state index in [9.17, 15) is 4.79 Å². The molecular weight excluding hydrogens is 382 g/mol. The zero-order valence-corrected chi connectivity index (χ0v) is 16.5. The molecule has 1 amide bonds. The number of carbonyl (C=O) groups excluding carboxylic acids is 1. The molecule has 0 aliphatic carbocycles. The van der Waals surface area contributed by atoms with Crippen molar-refractivity contribution >= 4 is 29.0 Å². The van der Waals surface area contributed by atoms with Gasteiger partial charge in [0.05, 0.1) is 0 Å². The van der Waals surface area contributed by atoms with E-state index in [2.05, 4.69) is 30.5 Å². The summed E-state index contributed by atoms with van der Waals surface area (Å²) in [7, 11) is 0. The third-order valence-electron chi connectivity index (χ3n) is 5.07. The monoisotopic (exact) mass is 403 g/mol. The molecule has 0 saturated carbocycles. The average Bonchev–Trinajstić information content (AvgIpc) is 3.43. The minimum absolute atomic E-state index is 0.0479. The molecule has 152 valence electrons. The summed E-state index contributed by atoms with van der Waals surface area (Å²) in [6.07, 6.45) is 3.53. The van der Waals surface area contributed by atoms with Crippen LogP contribution in [0.2, 0.25) is 0 Å². The fraction of sp³-hybridized carbons (Fsp3) is 0.250. The van der Waals surface area contributed by atoms with Gasteiger partial charge in [0.25, 0.3) is 5.91 Å². The fourth-order valence-electron chi connectivity index (χ4n) is 3.51. The molecule has 0 bridgehead atoms. The van der Waals surface area contributed by atoms with Crippen molar-refractivity contribution in [3.63, 3.8) is 0 Å².